The maximum atomic E-state index is 13.2. The Bertz CT molecular complexity index is 809. The number of para-hydroxylation sites is 1. The molecule has 0 unspecified atom stereocenters. The molecule has 25 heavy (non-hydrogen) atoms. The van der Waals surface area contributed by atoms with Crippen LogP contribution in [0.1, 0.15) is 5.56 Å². The predicted molar refractivity (Wildman–Crippen MR) is 81.6 cm³/mol. The summed E-state index contributed by atoms with van der Waals surface area (Å²) in [6.45, 7) is -0.463. The average molecular weight is 357 g/mol. The summed E-state index contributed by atoms with van der Waals surface area (Å²) in [6, 6.07) is 7.34. The van der Waals surface area contributed by atoms with Gasteiger partial charge in [-0.3, -0.25) is 14.9 Å². The number of benzene rings is 2. The van der Waals surface area contributed by atoms with Crippen molar-refractivity contribution >= 4 is 23.0 Å². The Balaban J connectivity index is 2.05. The molecule has 6 nitrogen and oxygen atoms in total. The van der Waals surface area contributed by atoms with Crippen LogP contribution in [0.3, 0.4) is 0 Å². The van der Waals surface area contributed by atoms with Crippen molar-refractivity contribution in [3.8, 4) is 0 Å². The van der Waals surface area contributed by atoms with Crippen LogP contribution in [-0.4, -0.2) is 17.4 Å². The minimum atomic E-state index is -4.63. The standard InChI is InChI=1S/C15H11F4N3O3/c16-11-6-5-9(7-13(11)22(24)25)20-8-14(23)21-12-4-2-1-3-10(12)15(17,18)19/h1-7,20H,8H2,(H,21,23). The molecule has 0 aliphatic rings. The molecule has 2 aromatic carbocycles. The third-order valence-electron chi connectivity index (χ3n) is 3.10. The molecular formula is C15H11F4N3O3. The molecule has 0 aliphatic heterocycles. The van der Waals surface area contributed by atoms with Gasteiger partial charge in [-0.05, 0) is 24.3 Å². The Kier molecular flexibility index (Phi) is 5.20. The molecule has 2 aromatic rings. The fraction of sp³-hybridized carbons (Fsp3) is 0.133. The number of carbonyl (C=O) groups excluding carboxylic acids is 1. The summed E-state index contributed by atoms with van der Waals surface area (Å²) >= 11 is 0. The van der Waals surface area contributed by atoms with Gasteiger partial charge in [-0.2, -0.15) is 17.6 Å². The first kappa shape index (κ1) is 18.2. The summed E-state index contributed by atoms with van der Waals surface area (Å²) in [4.78, 5) is 21.5. The number of carbonyl (C=O) groups is 1. The van der Waals surface area contributed by atoms with Gasteiger partial charge in [0.05, 0.1) is 22.7 Å². The average Bonchev–Trinajstić information content (AvgIpc) is 2.53. The van der Waals surface area contributed by atoms with Gasteiger partial charge in [0.15, 0.2) is 0 Å². The Morgan fingerprint density at radius 1 is 1.16 bits per heavy atom. The molecule has 0 fully saturated rings. The third kappa shape index (κ3) is 4.66. The quantitative estimate of drug-likeness (QED) is 0.484. The Hall–Kier alpha value is -3.17. The van der Waals surface area contributed by atoms with E-state index in [4.69, 9.17) is 0 Å². The van der Waals surface area contributed by atoms with Gasteiger partial charge in [-0.15, -0.1) is 0 Å². The number of amides is 1. The van der Waals surface area contributed by atoms with Crippen molar-refractivity contribution in [2.45, 2.75) is 6.18 Å². The van der Waals surface area contributed by atoms with Gasteiger partial charge in [-0.1, -0.05) is 12.1 Å². The predicted octanol–water partition coefficient (Wildman–Crippen LogP) is 3.80. The van der Waals surface area contributed by atoms with E-state index in [2.05, 4.69) is 10.6 Å². The van der Waals surface area contributed by atoms with Crippen LogP contribution in [0.15, 0.2) is 42.5 Å². The van der Waals surface area contributed by atoms with E-state index in [0.717, 1.165) is 24.3 Å². The summed E-state index contributed by atoms with van der Waals surface area (Å²) in [5, 5.41) is 15.2. The van der Waals surface area contributed by atoms with Crippen LogP contribution in [0, 0.1) is 15.9 Å². The highest BCUT2D eigenvalue weighted by atomic mass is 19.4. The van der Waals surface area contributed by atoms with Gasteiger partial charge >= 0.3 is 11.9 Å². The Morgan fingerprint density at radius 3 is 2.48 bits per heavy atom. The molecule has 0 saturated heterocycles. The van der Waals surface area contributed by atoms with Crippen LogP contribution in [-0.2, 0) is 11.0 Å². The molecule has 2 rings (SSSR count). The van der Waals surface area contributed by atoms with Gasteiger partial charge in [-0.25, -0.2) is 0 Å². The number of nitro benzene ring substituents is 1. The van der Waals surface area contributed by atoms with Crippen molar-refractivity contribution in [1.82, 2.24) is 0 Å². The lowest BCUT2D eigenvalue weighted by atomic mass is 10.1. The number of rotatable bonds is 5. The smallest absolute Gasteiger partial charge is 0.376 e. The molecule has 0 spiro atoms. The SMILES string of the molecule is O=C(CNc1ccc(F)c([N+](=O)[O-])c1)Nc1ccccc1C(F)(F)F. The van der Waals surface area contributed by atoms with E-state index in [1.807, 2.05) is 0 Å². The van der Waals surface area contributed by atoms with Crippen LogP contribution in [0.4, 0.5) is 34.6 Å². The Morgan fingerprint density at radius 2 is 1.84 bits per heavy atom. The zero-order valence-corrected chi connectivity index (χ0v) is 12.4. The third-order valence-corrected chi connectivity index (χ3v) is 3.10. The van der Waals surface area contributed by atoms with Gasteiger partial charge in [0.25, 0.3) is 0 Å². The zero-order valence-electron chi connectivity index (χ0n) is 12.4. The molecule has 0 radical (unpaired) electrons. The van der Waals surface area contributed by atoms with E-state index in [1.165, 1.54) is 18.2 Å². The summed E-state index contributed by atoms with van der Waals surface area (Å²) in [5.41, 5.74) is -2.12. The van der Waals surface area contributed by atoms with Gasteiger partial charge in [0, 0.05) is 11.8 Å². The number of hydrogen-bond acceptors (Lipinski definition) is 4. The summed E-state index contributed by atoms with van der Waals surface area (Å²) in [6.07, 6.45) is -4.63. The second kappa shape index (κ2) is 7.16. The van der Waals surface area contributed by atoms with Crippen molar-refractivity contribution in [2.24, 2.45) is 0 Å². The maximum Gasteiger partial charge on any atom is 0.418 e. The highest BCUT2D eigenvalue weighted by Crippen LogP contribution is 2.34. The highest BCUT2D eigenvalue weighted by molar-refractivity contribution is 5.94. The lowest BCUT2D eigenvalue weighted by molar-refractivity contribution is -0.387. The second-order valence-corrected chi connectivity index (χ2v) is 4.87. The fourth-order valence-corrected chi connectivity index (χ4v) is 1.98. The second-order valence-electron chi connectivity index (χ2n) is 4.87. The first-order valence-corrected chi connectivity index (χ1v) is 6.82. The molecule has 132 valence electrons. The lowest BCUT2D eigenvalue weighted by Gasteiger charge is -2.14. The largest absolute Gasteiger partial charge is 0.418 e. The highest BCUT2D eigenvalue weighted by Gasteiger charge is 2.33. The molecule has 0 heterocycles. The summed E-state index contributed by atoms with van der Waals surface area (Å²) in [7, 11) is 0. The molecule has 10 heteroatoms. The number of anilines is 2. The van der Waals surface area contributed by atoms with Crippen molar-refractivity contribution < 1.29 is 27.3 Å². The van der Waals surface area contributed by atoms with Crippen LogP contribution in [0.25, 0.3) is 0 Å². The minimum absolute atomic E-state index is 0.0763. The monoisotopic (exact) mass is 357 g/mol. The molecule has 0 atom stereocenters. The van der Waals surface area contributed by atoms with Crippen molar-refractivity contribution in [2.75, 3.05) is 17.2 Å². The van der Waals surface area contributed by atoms with E-state index in [-0.39, 0.29) is 5.69 Å². The summed E-state index contributed by atoms with van der Waals surface area (Å²) in [5.74, 6) is -1.84. The maximum absolute atomic E-state index is 13.2. The van der Waals surface area contributed by atoms with E-state index in [9.17, 15) is 32.5 Å². The number of nitro groups is 1. The topological polar surface area (TPSA) is 84.3 Å². The molecule has 2 N–H and O–H groups in total. The van der Waals surface area contributed by atoms with Crippen LogP contribution < -0.4 is 10.6 Å². The van der Waals surface area contributed by atoms with Crippen molar-refractivity contribution in [3.63, 3.8) is 0 Å². The van der Waals surface area contributed by atoms with E-state index in [0.29, 0.717) is 0 Å². The van der Waals surface area contributed by atoms with Crippen LogP contribution >= 0.6 is 0 Å². The molecule has 0 bridgehead atoms. The number of nitrogens with zero attached hydrogens (tertiary/aromatic N) is 1. The van der Waals surface area contributed by atoms with Crippen LogP contribution in [0.5, 0.6) is 0 Å². The van der Waals surface area contributed by atoms with Gasteiger partial charge in [0.1, 0.15) is 0 Å². The molecule has 1 amide bonds. The summed E-state index contributed by atoms with van der Waals surface area (Å²) < 4.78 is 51.7. The van der Waals surface area contributed by atoms with Crippen molar-refractivity contribution in [1.29, 1.82) is 0 Å². The zero-order chi connectivity index (χ0) is 18.6. The molecule has 0 aliphatic carbocycles. The normalized spacial score (nSPS) is 11.0. The van der Waals surface area contributed by atoms with Crippen molar-refractivity contribution in [3.05, 3.63) is 64.0 Å². The first-order chi connectivity index (χ1) is 11.7. The van der Waals surface area contributed by atoms with Gasteiger partial charge < -0.3 is 10.6 Å². The van der Waals surface area contributed by atoms with Crippen LogP contribution in [0.2, 0.25) is 0 Å². The first-order valence-electron chi connectivity index (χ1n) is 6.82. The molecule has 0 aromatic heterocycles. The minimum Gasteiger partial charge on any atom is -0.376 e. The fourth-order valence-electron chi connectivity index (χ4n) is 1.98. The number of alkyl halides is 3. The van der Waals surface area contributed by atoms with E-state index in [1.54, 1.807) is 0 Å². The van der Waals surface area contributed by atoms with E-state index >= 15 is 0 Å². The Labute approximate surface area is 138 Å². The van der Waals surface area contributed by atoms with Gasteiger partial charge in [0.2, 0.25) is 11.7 Å². The number of halogens is 4. The number of nitrogens with one attached hydrogen (secondary N) is 2. The lowest BCUT2D eigenvalue weighted by Crippen LogP contribution is -2.23. The molecular weight excluding hydrogens is 346 g/mol. The molecule has 0 saturated carbocycles. The van der Waals surface area contributed by atoms with E-state index < -0.39 is 46.3 Å². The number of hydrogen-bond donors (Lipinski definition) is 2.